The van der Waals surface area contributed by atoms with E-state index in [9.17, 15) is 18.1 Å². The summed E-state index contributed by atoms with van der Waals surface area (Å²) in [5, 5.41) is 9.99. The predicted molar refractivity (Wildman–Crippen MR) is 96.9 cm³/mol. The Kier molecular flexibility index (Phi) is 6.84. The summed E-state index contributed by atoms with van der Waals surface area (Å²) in [5.74, 6) is 0.0578. The first-order valence-corrected chi connectivity index (χ1v) is 9.92. The molecule has 2 aromatic rings. The van der Waals surface area contributed by atoms with Crippen molar-refractivity contribution in [3.63, 3.8) is 0 Å². The minimum atomic E-state index is -4.41. The summed E-state index contributed by atoms with van der Waals surface area (Å²) in [6, 6.07) is 10.8. The second-order valence-electron chi connectivity index (χ2n) is 5.99. The molecule has 0 amide bonds. The zero-order chi connectivity index (χ0) is 18.3. The molecule has 0 bridgehead atoms. The van der Waals surface area contributed by atoms with Crippen LogP contribution in [0.15, 0.2) is 47.4 Å². The highest BCUT2D eigenvalue weighted by atomic mass is 32.2. The molecule has 0 saturated carbocycles. The van der Waals surface area contributed by atoms with E-state index in [0.717, 1.165) is 24.8 Å². The van der Waals surface area contributed by atoms with Crippen LogP contribution in [0.4, 0.5) is 0 Å². The van der Waals surface area contributed by atoms with Crippen LogP contribution in [0.2, 0.25) is 0 Å². The molecule has 0 aliphatic heterocycles. The lowest BCUT2D eigenvalue weighted by Gasteiger charge is -2.12. The fraction of sp³-hybridized carbons (Fsp3) is 0.368. The first-order valence-electron chi connectivity index (χ1n) is 8.48. The molecule has 2 rings (SSSR count). The van der Waals surface area contributed by atoms with E-state index in [2.05, 4.69) is 6.92 Å². The molecule has 0 unspecified atom stereocenters. The van der Waals surface area contributed by atoms with Gasteiger partial charge in [0.25, 0.3) is 10.1 Å². The van der Waals surface area contributed by atoms with Crippen LogP contribution in [-0.2, 0) is 16.5 Å². The molecule has 25 heavy (non-hydrogen) atoms. The Morgan fingerprint density at radius 2 is 1.68 bits per heavy atom. The Balaban J connectivity index is 2.14. The van der Waals surface area contributed by atoms with E-state index >= 15 is 0 Å². The number of phenols is 1. The number of para-hydroxylation sites is 1. The summed E-state index contributed by atoms with van der Waals surface area (Å²) in [7, 11) is -4.41. The van der Waals surface area contributed by atoms with Crippen molar-refractivity contribution < 1.29 is 22.8 Å². The Morgan fingerprint density at radius 1 is 0.960 bits per heavy atom. The number of unbranched alkanes of at least 4 members (excludes halogenated alkanes) is 4. The summed E-state index contributed by atoms with van der Waals surface area (Å²) in [4.78, 5) is -0.334. The van der Waals surface area contributed by atoms with Crippen molar-refractivity contribution in [1.29, 1.82) is 0 Å². The lowest BCUT2D eigenvalue weighted by atomic mass is 10.1. The lowest BCUT2D eigenvalue weighted by Crippen LogP contribution is -2.01. The molecule has 0 aliphatic carbocycles. The molecule has 5 nitrogen and oxygen atoms in total. The topological polar surface area (TPSA) is 83.8 Å². The molecule has 0 atom stereocenters. The zero-order valence-corrected chi connectivity index (χ0v) is 15.1. The van der Waals surface area contributed by atoms with Gasteiger partial charge >= 0.3 is 0 Å². The number of hydrogen-bond acceptors (Lipinski definition) is 4. The molecule has 0 aliphatic rings. The van der Waals surface area contributed by atoms with Crippen molar-refractivity contribution in [2.24, 2.45) is 0 Å². The second-order valence-corrected chi connectivity index (χ2v) is 7.38. The maximum atomic E-state index is 11.4. The second kappa shape index (κ2) is 8.87. The standard InChI is InChI=1S/C19H24O5S/c1-2-3-4-5-6-9-15-12-13-16(20)18(14-15)24-17-10-7-8-11-19(17)25(21,22)23/h7-8,10-14,20H,2-6,9H2,1H3,(H,21,22,23). The van der Waals surface area contributed by atoms with E-state index in [1.165, 1.54) is 43.5 Å². The maximum Gasteiger partial charge on any atom is 0.298 e. The Labute approximate surface area is 149 Å². The quantitative estimate of drug-likeness (QED) is 0.486. The average Bonchev–Trinajstić information content (AvgIpc) is 2.57. The van der Waals surface area contributed by atoms with E-state index in [-0.39, 0.29) is 22.1 Å². The van der Waals surface area contributed by atoms with Gasteiger partial charge < -0.3 is 9.84 Å². The molecule has 2 aromatic carbocycles. The van der Waals surface area contributed by atoms with Crippen LogP contribution >= 0.6 is 0 Å². The average molecular weight is 364 g/mol. The molecule has 136 valence electrons. The van der Waals surface area contributed by atoms with Crippen molar-refractivity contribution in [3.05, 3.63) is 48.0 Å². The van der Waals surface area contributed by atoms with Crippen LogP contribution in [0.25, 0.3) is 0 Å². The Hall–Kier alpha value is -2.05. The molecule has 0 spiro atoms. The maximum absolute atomic E-state index is 11.4. The molecule has 6 heteroatoms. The molecule has 2 N–H and O–H groups in total. The van der Waals surface area contributed by atoms with Gasteiger partial charge in [-0.1, -0.05) is 50.8 Å². The number of rotatable bonds is 9. The normalized spacial score (nSPS) is 11.4. The third-order valence-electron chi connectivity index (χ3n) is 3.94. The lowest BCUT2D eigenvalue weighted by molar-refractivity contribution is 0.401. The monoisotopic (exact) mass is 364 g/mol. The minimum absolute atomic E-state index is 0.0274. The van der Waals surface area contributed by atoms with Crippen molar-refractivity contribution >= 4 is 10.1 Å². The van der Waals surface area contributed by atoms with Gasteiger partial charge in [0.2, 0.25) is 0 Å². The van der Waals surface area contributed by atoms with Crippen LogP contribution in [0.5, 0.6) is 17.2 Å². The molecule has 0 fully saturated rings. The van der Waals surface area contributed by atoms with Crippen molar-refractivity contribution in [1.82, 2.24) is 0 Å². The van der Waals surface area contributed by atoms with Gasteiger partial charge in [-0.25, -0.2) is 0 Å². The first-order chi connectivity index (χ1) is 11.9. The third-order valence-corrected chi connectivity index (χ3v) is 4.83. The van der Waals surface area contributed by atoms with E-state index in [4.69, 9.17) is 4.74 Å². The van der Waals surface area contributed by atoms with Gasteiger partial charge in [0.05, 0.1) is 0 Å². The summed E-state index contributed by atoms with van der Waals surface area (Å²) < 4.78 is 37.7. The molecule has 0 heterocycles. The minimum Gasteiger partial charge on any atom is -0.504 e. The summed E-state index contributed by atoms with van der Waals surface area (Å²) >= 11 is 0. The summed E-state index contributed by atoms with van der Waals surface area (Å²) in [6.45, 7) is 2.17. The summed E-state index contributed by atoms with van der Waals surface area (Å²) in [5.41, 5.74) is 1.01. The highest BCUT2D eigenvalue weighted by Crippen LogP contribution is 2.34. The Morgan fingerprint density at radius 3 is 2.40 bits per heavy atom. The van der Waals surface area contributed by atoms with Crippen LogP contribution in [0.1, 0.15) is 44.6 Å². The molecule has 0 saturated heterocycles. The first kappa shape index (κ1) is 19.3. The van der Waals surface area contributed by atoms with Gasteiger partial charge in [-0.15, -0.1) is 0 Å². The van der Waals surface area contributed by atoms with Gasteiger partial charge in [0, 0.05) is 0 Å². The van der Waals surface area contributed by atoms with Crippen LogP contribution < -0.4 is 4.74 Å². The fourth-order valence-corrected chi connectivity index (χ4v) is 3.21. The predicted octanol–water partition coefficient (Wildman–Crippen LogP) is 4.94. The largest absolute Gasteiger partial charge is 0.504 e. The van der Waals surface area contributed by atoms with Crippen LogP contribution in [0.3, 0.4) is 0 Å². The number of phenolic OH excluding ortho intramolecular Hbond substituents is 1. The number of ether oxygens (including phenoxy) is 1. The summed E-state index contributed by atoms with van der Waals surface area (Å²) in [6.07, 6.45) is 6.70. The van der Waals surface area contributed by atoms with E-state index in [1.54, 1.807) is 12.1 Å². The van der Waals surface area contributed by atoms with Crippen molar-refractivity contribution in [3.8, 4) is 17.2 Å². The highest BCUT2D eigenvalue weighted by Gasteiger charge is 2.17. The Bertz CT molecular complexity index is 799. The highest BCUT2D eigenvalue weighted by molar-refractivity contribution is 7.86. The van der Waals surface area contributed by atoms with Gasteiger partial charge in [0.1, 0.15) is 10.6 Å². The van der Waals surface area contributed by atoms with E-state index in [1.807, 2.05) is 6.07 Å². The van der Waals surface area contributed by atoms with E-state index in [0.29, 0.717) is 0 Å². The molecular formula is C19H24O5S. The van der Waals surface area contributed by atoms with Crippen LogP contribution in [-0.4, -0.2) is 18.1 Å². The molecule has 0 radical (unpaired) electrons. The van der Waals surface area contributed by atoms with Gasteiger partial charge in [-0.05, 0) is 42.7 Å². The van der Waals surface area contributed by atoms with Gasteiger partial charge in [-0.2, -0.15) is 8.42 Å². The van der Waals surface area contributed by atoms with Crippen molar-refractivity contribution in [2.45, 2.75) is 50.3 Å². The van der Waals surface area contributed by atoms with Gasteiger partial charge in [-0.3, -0.25) is 4.55 Å². The third kappa shape index (κ3) is 5.76. The van der Waals surface area contributed by atoms with E-state index < -0.39 is 10.1 Å². The molecular weight excluding hydrogens is 340 g/mol. The fourth-order valence-electron chi connectivity index (χ4n) is 2.59. The zero-order valence-electron chi connectivity index (χ0n) is 14.3. The number of hydrogen-bond donors (Lipinski definition) is 2. The van der Waals surface area contributed by atoms with Crippen LogP contribution in [0, 0.1) is 0 Å². The van der Waals surface area contributed by atoms with Crippen molar-refractivity contribution in [2.75, 3.05) is 0 Å². The SMILES string of the molecule is CCCCCCCc1ccc(O)c(Oc2ccccc2S(=O)(=O)O)c1. The number of aromatic hydroxyl groups is 1. The van der Waals surface area contributed by atoms with Gasteiger partial charge in [0.15, 0.2) is 11.5 Å². The smallest absolute Gasteiger partial charge is 0.298 e. The molecule has 0 aromatic heterocycles. The number of aryl methyl sites for hydroxylation is 1. The number of benzene rings is 2.